The summed E-state index contributed by atoms with van der Waals surface area (Å²) in [6.07, 6.45) is 1.89. The lowest BCUT2D eigenvalue weighted by atomic mass is 10.2. The molecule has 0 unspecified atom stereocenters. The van der Waals surface area contributed by atoms with Crippen LogP contribution in [0.4, 0.5) is 10.5 Å². The molecular weight excluding hydrogens is 348 g/mol. The number of alkyl carbamates (subject to hydrolysis) is 1. The van der Waals surface area contributed by atoms with Crippen molar-refractivity contribution >= 4 is 29.4 Å². The number of amides is 1. The number of nitrogens with zero attached hydrogens (tertiary/aromatic N) is 2. The maximum absolute atomic E-state index is 11.9. The van der Waals surface area contributed by atoms with E-state index in [1.165, 1.54) is 13.2 Å². The molecule has 1 aromatic rings. The van der Waals surface area contributed by atoms with Gasteiger partial charge in [0.2, 0.25) is 0 Å². The first kappa shape index (κ1) is 19.2. The van der Waals surface area contributed by atoms with Crippen molar-refractivity contribution in [3.63, 3.8) is 0 Å². The first-order chi connectivity index (χ1) is 11.7. The van der Waals surface area contributed by atoms with Gasteiger partial charge in [-0.1, -0.05) is 11.6 Å². The fraction of sp³-hybridized carbons (Fsp3) is 0.625. The molecule has 1 saturated carbocycles. The second-order valence-electron chi connectivity index (χ2n) is 6.92. The third-order valence-electron chi connectivity index (χ3n) is 3.66. The third-order valence-corrected chi connectivity index (χ3v) is 3.84. The van der Waals surface area contributed by atoms with E-state index in [0.29, 0.717) is 12.1 Å². The number of hydrogen-bond acceptors (Lipinski definition) is 7. The predicted octanol–water partition coefficient (Wildman–Crippen LogP) is 2.77. The largest absolute Gasteiger partial charge is 0.464 e. The number of anilines is 1. The summed E-state index contributed by atoms with van der Waals surface area (Å²) < 4.78 is 9.97. The van der Waals surface area contributed by atoms with Crippen LogP contribution >= 0.6 is 11.6 Å². The number of nitrogens with one attached hydrogen (secondary N) is 2. The van der Waals surface area contributed by atoms with E-state index in [1.807, 2.05) is 20.8 Å². The summed E-state index contributed by atoms with van der Waals surface area (Å²) in [7, 11) is 1.28. The van der Waals surface area contributed by atoms with Crippen molar-refractivity contribution < 1.29 is 19.1 Å². The smallest absolute Gasteiger partial charge is 0.407 e. The molecule has 0 radical (unpaired) electrons. The van der Waals surface area contributed by atoms with Gasteiger partial charge in [0.05, 0.1) is 12.8 Å². The van der Waals surface area contributed by atoms with Gasteiger partial charge in [-0.05, 0) is 40.0 Å². The second-order valence-corrected chi connectivity index (χ2v) is 7.31. The zero-order chi connectivity index (χ0) is 18.6. The molecule has 25 heavy (non-hydrogen) atoms. The van der Waals surface area contributed by atoms with E-state index in [0.717, 1.165) is 12.8 Å². The number of methoxy groups -OCH3 is 1. The molecule has 0 saturated heterocycles. The zero-order valence-corrected chi connectivity index (χ0v) is 15.5. The Kier molecular flexibility index (Phi) is 6.05. The van der Waals surface area contributed by atoms with Gasteiger partial charge in [0, 0.05) is 18.2 Å². The Morgan fingerprint density at radius 2 is 1.92 bits per heavy atom. The molecule has 8 nitrogen and oxygen atoms in total. The van der Waals surface area contributed by atoms with Crippen molar-refractivity contribution in [3.05, 3.63) is 16.9 Å². The monoisotopic (exact) mass is 370 g/mol. The first-order valence-electron chi connectivity index (χ1n) is 8.05. The quantitative estimate of drug-likeness (QED) is 0.785. The average molecular weight is 371 g/mol. The lowest BCUT2D eigenvalue weighted by Crippen LogP contribution is -2.38. The summed E-state index contributed by atoms with van der Waals surface area (Å²) in [6, 6.07) is 1.60. The van der Waals surface area contributed by atoms with Crippen LogP contribution in [0.1, 0.15) is 50.5 Å². The molecular formula is C16H23ClN4O4. The van der Waals surface area contributed by atoms with Crippen LogP contribution in [-0.4, -0.2) is 47.1 Å². The summed E-state index contributed by atoms with van der Waals surface area (Å²) in [5.74, 6) is -0.590. The number of carbonyl (C=O) groups is 2. The number of aromatic nitrogens is 2. The van der Waals surface area contributed by atoms with E-state index in [2.05, 4.69) is 20.8 Å². The second kappa shape index (κ2) is 7.86. The lowest BCUT2D eigenvalue weighted by Gasteiger charge is -2.22. The van der Waals surface area contributed by atoms with Crippen LogP contribution in [0.25, 0.3) is 0 Å². The highest BCUT2D eigenvalue weighted by Gasteiger charge is 2.29. The molecule has 0 spiro atoms. The maximum Gasteiger partial charge on any atom is 0.407 e. The maximum atomic E-state index is 11.9. The summed E-state index contributed by atoms with van der Waals surface area (Å²) >= 11 is 5.87. The number of esters is 1. The van der Waals surface area contributed by atoms with Gasteiger partial charge >= 0.3 is 12.1 Å². The minimum atomic E-state index is -0.590. The van der Waals surface area contributed by atoms with Crippen molar-refractivity contribution in [3.8, 4) is 0 Å². The Labute approximate surface area is 151 Å². The minimum Gasteiger partial charge on any atom is -0.464 e. The van der Waals surface area contributed by atoms with Crippen LogP contribution in [0.2, 0.25) is 5.15 Å². The molecule has 1 aromatic heterocycles. The van der Waals surface area contributed by atoms with Crippen LogP contribution < -0.4 is 10.6 Å². The number of rotatable bonds is 4. The topological polar surface area (TPSA) is 102 Å². The Balaban J connectivity index is 1.96. The van der Waals surface area contributed by atoms with Gasteiger partial charge in [-0.25, -0.2) is 9.59 Å². The third kappa shape index (κ3) is 5.74. The van der Waals surface area contributed by atoms with Gasteiger partial charge in [-0.15, -0.1) is 10.2 Å². The van der Waals surface area contributed by atoms with Gasteiger partial charge in [0.1, 0.15) is 5.60 Å². The minimum absolute atomic E-state index is 0.000745. The molecule has 2 rings (SSSR count). The van der Waals surface area contributed by atoms with Gasteiger partial charge in [-0.2, -0.15) is 0 Å². The summed E-state index contributed by atoms with van der Waals surface area (Å²) in [4.78, 5) is 23.6. The van der Waals surface area contributed by atoms with E-state index in [-0.39, 0.29) is 22.9 Å². The molecule has 0 bridgehead atoms. The van der Waals surface area contributed by atoms with E-state index in [9.17, 15) is 9.59 Å². The molecule has 1 heterocycles. The van der Waals surface area contributed by atoms with Crippen LogP contribution in [0.3, 0.4) is 0 Å². The fourth-order valence-electron chi connectivity index (χ4n) is 2.66. The molecule has 1 amide bonds. The standard InChI is InChI=1S/C16H23ClN4O4/c1-16(2,3)25-15(23)19-10-6-5-9(7-10)18-11-8-12(17)20-21-13(11)14(22)24-4/h8-10H,5-7H2,1-4H3,(H,18,20)(H,19,23)/t9-,10-/m1/s1. The Hall–Kier alpha value is -2.09. The molecule has 0 aromatic carbocycles. The average Bonchev–Trinajstić information content (AvgIpc) is 2.91. The van der Waals surface area contributed by atoms with Crippen molar-refractivity contribution in [2.45, 2.75) is 57.7 Å². The van der Waals surface area contributed by atoms with Gasteiger partial charge in [-0.3, -0.25) is 0 Å². The number of halogens is 1. The summed E-state index contributed by atoms with van der Waals surface area (Å²) in [5.41, 5.74) is 0.0140. The number of hydrogen-bond donors (Lipinski definition) is 2. The van der Waals surface area contributed by atoms with Crippen LogP contribution in [0.5, 0.6) is 0 Å². The summed E-state index contributed by atoms with van der Waals surface area (Å²) in [5, 5.41) is 13.7. The van der Waals surface area contributed by atoms with Crippen molar-refractivity contribution in [2.24, 2.45) is 0 Å². The molecule has 2 atom stereocenters. The molecule has 1 fully saturated rings. The molecule has 0 aliphatic heterocycles. The zero-order valence-electron chi connectivity index (χ0n) is 14.8. The Morgan fingerprint density at radius 3 is 2.56 bits per heavy atom. The van der Waals surface area contributed by atoms with Gasteiger partial charge < -0.3 is 20.1 Å². The van der Waals surface area contributed by atoms with E-state index >= 15 is 0 Å². The number of ether oxygens (including phenoxy) is 2. The molecule has 138 valence electrons. The van der Waals surface area contributed by atoms with Crippen LogP contribution in [0, 0.1) is 0 Å². The molecule has 9 heteroatoms. The van der Waals surface area contributed by atoms with Crippen LogP contribution in [-0.2, 0) is 9.47 Å². The van der Waals surface area contributed by atoms with Gasteiger partial charge in [0.15, 0.2) is 10.8 Å². The predicted molar refractivity (Wildman–Crippen MR) is 92.8 cm³/mol. The highest BCUT2D eigenvalue weighted by molar-refractivity contribution is 6.29. The lowest BCUT2D eigenvalue weighted by molar-refractivity contribution is 0.0504. The van der Waals surface area contributed by atoms with E-state index in [4.69, 9.17) is 21.1 Å². The highest BCUT2D eigenvalue weighted by atomic mass is 35.5. The fourth-order valence-corrected chi connectivity index (χ4v) is 2.81. The van der Waals surface area contributed by atoms with E-state index in [1.54, 1.807) is 0 Å². The molecule has 1 aliphatic rings. The van der Waals surface area contributed by atoms with Crippen LogP contribution in [0.15, 0.2) is 6.07 Å². The van der Waals surface area contributed by atoms with Crippen molar-refractivity contribution in [1.82, 2.24) is 15.5 Å². The van der Waals surface area contributed by atoms with Gasteiger partial charge in [0.25, 0.3) is 0 Å². The Bertz CT molecular complexity index is 648. The van der Waals surface area contributed by atoms with Crippen molar-refractivity contribution in [1.29, 1.82) is 0 Å². The van der Waals surface area contributed by atoms with E-state index < -0.39 is 17.7 Å². The SMILES string of the molecule is COC(=O)c1nnc(Cl)cc1N[C@@H]1CC[C@@H](NC(=O)OC(C)(C)C)C1. The van der Waals surface area contributed by atoms with Crippen molar-refractivity contribution in [2.75, 3.05) is 12.4 Å². The Morgan fingerprint density at radius 1 is 1.24 bits per heavy atom. The number of carbonyl (C=O) groups excluding carboxylic acids is 2. The normalized spacial score (nSPS) is 20.0. The highest BCUT2D eigenvalue weighted by Crippen LogP contribution is 2.26. The summed E-state index contributed by atoms with van der Waals surface area (Å²) in [6.45, 7) is 5.46. The molecule has 1 aliphatic carbocycles. The molecule has 2 N–H and O–H groups in total. The first-order valence-corrected chi connectivity index (χ1v) is 8.43.